The van der Waals surface area contributed by atoms with Crippen molar-refractivity contribution >= 4 is 21.9 Å². The van der Waals surface area contributed by atoms with Crippen LogP contribution >= 0.6 is 0 Å². The fourth-order valence-electron chi connectivity index (χ4n) is 3.56. The second-order valence-electron chi connectivity index (χ2n) is 6.79. The standard InChI is InChI=1S/C22H17N5O/c1-26-13-19-17(7-3-9-20(19)25-26)16-6-2-5-15(11-16)12-27-14-24-21-18(22(27)28)8-4-10-23-21/h2-11,13-14H,12H2,1H3. The molecule has 3 aromatic heterocycles. The Hall–Kier alpha value is -3.80. The third kappa shape index (κ3) is 2.75. The van der Waals surface area contributed by atoms with E-state index < -0.39 is 0 Å². The zero-order valence-corrected chi connectivity index (χ0v) is 15.3. The molecule has 0 aliphatic rings. The van der Waals surface area contributed by atoms with Gasteiger partial charge in [0.15, 0.2) is 5.65 Å². The summed E-state index contributed by atoms with van der Waals surface area (Å²) >= 11 is 0. The number of hydrogen-bond acceptors (Lipinski definition) is 4. The van der Waals surface area contributed by atoms with Crippen LogP contribution < -0.4 is 5.56 Å². The minimum atomic E-state index is -0.0853. The quantitative estimate of drug-likeness (QED) is 0.490. The molecule has 0 aliphatic carbocycles. The lowest BCUT2D eigenvalue weighted by molar-refractivity contribution is 0.747. The summed E-state index contributed by atoms with van der Waals surface area (Å²) in [6.45, 7) is 0.452. The van der Waals surface area contributed by atoms with Crippen LogP contribution in [0.3, 0.4) is 0 Å². The molecule has 28 heavy (non-hydrogen) atoms. The number of rotatable bonds is 3. The monoisotopic (exact) mass is 367 g/mol. The molecule has 0 bridgehead atoms. The van der Waals surface area contributed by atoms with Gasteiger partial charge in [-0.2, -0.15) is 5.10 Å². The Morgan fingerprint density at radius 2 is 1.86 bits per heavy atom. The van der Waals surface area contributed by atoms with E-state index in [9.17, 15) is 4.79 Å². The van der Waals surface area contributed by atoms with E-state index in [2.05, 4.69) is 33.3 Å². The summed E-state index contributed by atoms with van der Waals surface area (Å²) in [5.74, 6) is 0. The van der Waals surface area contributed by atoms with Crippen molar-refractivity contribution < 1.29 is 0 Å². The molecule has 6 nitrogen and oxygen atoms in total. The van der Waals surface area contributed by atoms with Gasteiger partial charge >= 0.3 is 0 Å². The van der Waals surface area contributed by atoms with Crippen LogP contribution in [-0.4, -0.2) is 24.3 Å². The number of aromatic nitrogens is 5. The molecule has 5 aromatic rings. The first-order valence-corrected chi connectivity index (χ1v) is 9.01. The molecular weight excluding hydrogens is 350 g/mol. The maximum atomic E-state index is 12.7. The van der Waals surface area contributed by atoms with Crippen molar-refractivity contribution in [2.75, 3.05) is 0 Å². The van der Waals surface area contributed by atoms with Crippen molar-refractivity contribution in [1.29, 1.82) is 0 Å². The molecule has 0 atom stereocenters. The van der Waals surface area contributed by atoms with Gasteiger partial charge in [-0.1, -0.05) is 30.3 Å². The van der Waals surface area contributed by atoms with Crippen LogP contribution in [0.1, 0.15) is 5.56 Å². The zero-order valence-electron chi connectivity index (χ0n) is 15.3. The van der Waals surface area contributed by atoms with E-state index in [4.69, 9.17) is 0 Å². The van der Waals surface area contributed by atoms with Crippen molar-refractivity contribution in [1.82, 2.24) is 24.3 Å². The molecule has 0 saturated carbocycles. The molecule has 0 amide bonds. The summed E-state index contributed by atoms with van der Waals surface area (Å²) in [7, 11) is 1.92. The van der Waals surface area contributed by atoms with Gasteiger partial charge in [0.2, 0.25) is 0 Å². The fraction of sp³-hybridized carbons (Fsp3) is 0.0909. The van der Waals surface area contributed by atoms with Gasteiger partial charge in [0.05, 0.1) is 17.4 Å². The highest BCUT2D eigenvalue weighted by atomic mass is 16.1. The Bertz CT molecular complexity index is 1380. The Morgan fingerprint density at radius 1 is 0.964 bits per heavy atom. The topological polar surface area (TPSA) is 65.6 Å². The van der Waals surface area contributed by atoms with E-state index in [0.717, 1.165) is 27.6 Å². The van der Waals surface area contributed by atoms with Gasteiger partial charge in [-0.15, -0.1) is 0 Å². The smallest absolute Gasteiger partial charge is 0.263 e. The van der Waals surface area contributed by atoms with E-state index in [1.807, 2.05) is 42.2 Å². The molecule has 0 spiro atoms. The number of pyridine rings is 1. The molecule has 0 unspecified atom stereocenters. The minimum Gasteiger partial charge on any atom is -0.294 e. The number of aryl methyl sites for hydroxylation is 1. The second-order valence-corrected chi connectivity index (χ2v) is 6.79. The van der Waals surface area contributed by atoms with E-state index in [1.165, 1.54) is 0 Å². The van der Waals surface area contributed by atoms with Gasteiger partial charge < -0.3 is 0 Å². The predicted molar refractivity (Wildman–Crippen MR) is 109 cm³/mol. The molecule has 0 saturated heterocycles. The number of benzene rings is 2. The summed E-state index contributed by atoms with van der Waals surface area (Å²) in [5.41, 5.74) is 4.61. The average Bonchev–Trinajstić information content (AvgIpc) is 3.11. The Labute approximate surface area is 160 Å². The summed E-state index contributed by atoms with van der Waals surface area (Å²) in [4.78, 5) is 21.2. The lowest BCUT2D eigenvalue weighted by Crippen LogP contribution is -2.21. The van der Waals surface area contributed by atoms with Crippen LogP contribution in [0.2, 0.25) is 0 Å². The largest absolute Gasteiger partial charge is 0.294 e. The first-order valence-electron chi connectivity index (χ1n) is 9.01. The van der Waals surface area contributed by atoms with E-state index in [-0.39, 0.29) is 5.56 Å². The van der Waals surface area contributed by atoms with E-state index in [1.54, 1.807) is 29.2 Å². The lowest BCUT2D eigenvalue weighted by Gasteiger charge is -2.09. The molecule has 2 aromatic carbocycles. The molecule has 5 rings (SSSR count). The molecule has 0 fully saturated rings. The number of hydrogen-bond donors (Lipinski definition) is 0. The highest BCUT2D eigenvalue weighted by Crippen LogP contribution is 2.28. The highest BCUT2D eigenvalue weighted by molar-refractivity contribution is 5.94. The molecule has 136 valence electrons. The van der Waals surface area contributed by atoms with Gasteiger partial charge in [0.25, 0.3) is 5.56 Å². The molecule has 6 heteroatoms. The molecule has 0 aliphatic heterocycles. The number of nitrogens with zero attached hydrogens (tertiary/aromatic N) is 5. The third-order valence-electron chi connectivity index (χ3n) is 4.85. The van der Waals surface area contributed by atoms with Crippen LogP contribution in [0.5, 0.6) is 0 Å². The first-order chi connectivity index (χ1) is 13.7. The maximum absolute atomic E-state index is 12.7. The second kappa shape index (κ2) is 6.42. The van der Waals surface area contributed by atoms with Gasteiger partial charge in [0, 0.05) is 24.8 Å². The van der Waals surface area contributed by atoms with Crippen LogP contribution in [0.25, 0.3) is 33.1 Å². The van der Waals surface area contributed by atoms with Crippen molar-refractivity contribution in [3.63, 3.8) is 0 Å². The van der Waals surface area contributed by atoms with Crippen molar-refractivity contribution in [3.8, 4) is 11.1 Å². The predicted octanol–water partition coefficient (Wildman–Crippen LogP) is 3.39. The van der Waals surface area contributed by atoms with Crippen molar-refractivity contribution in [2.45, 2.75) is 6.54 Å². The Balaban J connectivity index is 1.56. The Morgan fingerprint density at radius 3 is 2.79 bits per heavy atom. The van der Waals surface area contributed by atoms with Crippen LogP contribution in [0.4, 0.5) is 0 Å². The van der Waals surface area contributed by atoms with Gasteiger partial charge in [0.1, 0.15) is 6.33 Å². The third-order valence-corrected chi connectivity index (χ3v) is 4.85. The minimum absolute atomic E-state index is 0.0853. The summed E-state index contributed by atoms with van der Waals surface area (Å²) in [5, 5.41) is 6.13. The lowest BCUT2D eigenvalue weighted by atomic mass is 10.00. The van der Waals surface area contributed by atoms with Gasteiger partial charge in [-0.3, -0.25) is 14.0 Å². The molecule has 0 radical (unpaired) electrons. The summed E-state index contributed by atoms with van der Waals surface area (Å²) in [6, 6.07) is 17.9. The zero-order chi connectivity index (χ0) is 19.1. The molecule has 3 heterocycles. The highest BCUT2D eigenvalue weighted by Gasteiger charge is 2.09. The normalized spacial score (nSPS) is 11.3. The van der Waals surface area contributed by atoms with E-state index >= 15 is 0 Å². The van der Waals surface area contributed by atoms with Gasteiger partial charge in [-0.05, 0) is 41.0 Å². The molecular formula is C22H17N5O. The van der Waals surface area contributed by atoms with Crippen molar-refractivity contribution in [2.24, 2.45) is 7.05 Å². The van der Waals surface area contributed by atoms with Gasteiger partial charge in [-0.25, -0.2) is 9.97 Å². The molecule has 0 N–H and O–H groups in total. The average molecular weight is 367 g/mol. The van der Waals surface area contributed by atoms with Crippen LogP contribution in [0, 0.1) is 0 Å². The van der Waals surface area contributed by atoms with Crippen LogP contribution in [-0.2, 0) is 13.6 Å². The Kier molecular flexibility index (Phi) is 3.76. The number of fused-ring (bicyclic) bond motifs is 2. The fourth-order valence-corrected chi connectivity index (χ4v) is 3.56. The maximum Gasteiger partial charge on any atom is 0.263 e. The first kappa shape index (κ1) is 16.4. The SMILES string of the molecule is Cn1cc2c(-c3cccc(Cn4cnc5ncccc5c4=O)c3)cccc2n1. The van der Waals surface area contributed by atoms with Crippen LogP contribution in [0.15, 0.2) is 78.1 Å². The van der Waals surface area contributed by atoms with Crippen molar-refractivity contribution in [3.05, 3.63) is 89.2 Å². The van der Waals surface area contributed by atoms with E-state index in [0.29, 0.717) is 17.6 Å². The summed E-state index contributed by atoms with van der Waals surface area (Å²) < 4.78 is 3.44. The summed E-state index contributed by atoms with van der Waals surface area (Å²) in [6.07, 6.45) is 5.23.